The van der Waals surface area contributed by atoms with Gasteiger partial charge in [0.15, 0.2) is 0 Å². The second-order valence-electron chi connectivity index (χ2n) is 6.60. The summed E-state index contributed by atoms with van der Waals surface area (Å²) in [7, 11) is 3.82. The van der Waals surface area contributed by atoms with Gasteiger partial charge in [-0.2, -0.15) is 0 Å². The number of nitrogens with one attached hydrogen (secondary N) is 1. The van der Waals surface area contributed by atoms with Crippen LogP contribution in [-0.2, 0) is 16.0 Å². The van der Waals surface area contributed by atoms with Crippen LogP contribution in [-0.4, -0.2) is 54.2 Å². The van der Waals surface area contributed by atoms with E-state index in [1.165, 1.54) is 0 Å². The number of amides is 1. The van der Waals surface area contributed by atoms with E-state index < -0.39 is 0 Å². The average Bonchev–Trinajstić information content (AvgIpc) is 3.15. The van der Waals surface area contributed by atoms with Crippen LogP contribution in [0.3, 0.4) is 0 Å². The second kappa shape index (κ2) is 8.71. The molecule has 1 unspecified atom stereocenters. The molecule has 1 amide bonds. The highest BCUT2D eigenvalue weighted by Gasteiger charge is 2.19. The van der Waals surface area contributed by atoms with Crippen LogP contribution >= 0.6 is 0 Å². The molecule has 0 aliphatic carbocycles. The molecule has 0 bridgehead atoms. The van der Waals surface area contributed by atoms with E-state index in [1.807, 2.05) is 37.3 Å². The molecule has 1 saturated heterocycles. The molecule has 138 valence electrons. The minimum atomic E-state index is 0.0317. The van der Waals surface area contributed by atoms with Crippen molar-refractivity contribution in [1.29, 1.82) is 0 Å². The number of carbonyl (C=O) groups excluding carboxylic acids is 1. The number of anilines is 1. The minimum Gasteiger partial charge on any atom is -0.378 e. The first-order valence-electron chi connectivity index (χ1n) is 8.95. The third-order valence-corrected chi connectivity index (χ3v) is 4.37. The van der Waals surface area contributed by atoms with Gasteiger partial charge in [0.25, 0.3) is 0 Å². The number of rotatable bonds is 7. The van der Waals surface area contributed by atoms with Crippen molar-refractivity contribution in [3.05, 3.63) is 36.4 Å². The smallest absolute Gasteiger partial charge is 0.225 e. The molecule has 2 aromatic heterocycles. The molecule has 7 nitrogen and oxygen atoms in total. The summed E-state index contributed by atoms with van der Waals surface area (Å²) in [6, 6.07) is 3.88. The molecule has 0 radical (unpaired) electrons. The Balaban J connectivity index is 1.66. The molecule has 3 heterocycles. The van der Waals surface area contributed by atoms with Gasteiger partial charge in [-0.3, -0.25) is 9.78 Å². The Kier molecular flexibility index (Phi) is 6.12. The zero-order valence-corrected chi connectivity index (χ0v) is 15.3. The summed E-state index contributed by atoms with van der Waals surface area (Å²) >= 11 is 0. The van der Waals surface area contributed by atoms with Gasteiger partial charge in [0.05, 0.1) is 18.2 Å². The van der Waals surface area contributed by atoms with Gasteiger partial charge in [-0.25, -0.2) is 9.97 Å². The summed E-state index contributed by atoms with van der Waals surface area (Å²) in [6.45, 7) is 1.30. The molecule has 1 aliphatic rings. The molecular formula is C19H25N5O2. The number of hydrogen-bond donors (Lipinski definition) is 1. The largest absolute Gasteiger partial charge is 0.378 e. The van der Waals surface area contributed by atoms with E-state index in [1.54, 1.807) is 12.4 Å². The summed E-state index contributed by atoms with van der Waals surface area (Å²) < 4.78 is 5.51. The maximum atomic E-state index is 12.1. The van der Waals surface area contributed by atoms with Gasteiger partial charge in [-0.1, -0.05) is 0 Å². The Labute approximate surface area is 153 Å². The van der Waals surface area contributed by atoms with Crippen molar-refractivity contribution < 1.29 is 9.53 Å². The molecule has 0 aromatic carbocycles. The number of hydrogen-bond acceptors (Lipinski definition) is 6. The lowest BCUT2D eigenvalue weighted by atomic mass is 10.1. The predicted octanol–water partition coefficient (Wildman–Crippen LogP) is 1.83. The van der Waals surface area contributed by atoms with E-state index in [2.05, 4.69) is 20.3 Å². The van der Waals surface area contributed by atoms with E-state index in [9.17, 15) is 4.79 Å². The van der Waals surface area contributed by atoms with Crippen LogP contribution in [0.15, 0.2) is 30.7 Å². The fraction of sp³-hybridized carbons (Fsp3) is 0.474. The molecule has 7 heteroatoms. The molecule has 26 heavy (non-hydrogen) atoms. The van der Waals surface area contributed by atoms with Crippen LogP contribution in [0, 0.1) is 0 Å². The SMILES string of the molecule is CN(C)c1ncc(-c2ccncc2)c(CCNC(=O)CC2CCCO2)n1. The minimum absolute atomic E-state index is 0.0317. The maximum Gasteiger partial charge on any atom is 0.225 e. The fourth-order valence-corrected chi connectivity index (χ4v) is 2.99. The second-order valence-corrected chi connectivity index (χ2v) is 6.60. The van der Waals surface area contributed by atoms with Crippen LogP contribution in [0.4, 0.5) is 5.95 Å². The number of pyridine rings is 1. The van der Waals surface area contributed by atoms with Crippen LogP contribution in [0.5, 0.6) is 0 Å². The summed E-state index contributed by atoms with van der Waals surface area (Å²) in [5.41, 5.74) is 2.89. The van der Waals surface area contributed by atoms with Crippen LogP contribution in [0.25, 0.3) is 11.1 Å². The molecule has 1 aliphatic heterocycles. The first-order valence-corrected chi connectivity index (χ1v) is 8.95. The summed E-state index contributed by atoms with van der Waals surface area (Å²) in [4.78, 5) is 27.1. The van der Waals surface area contributed by atoms with Gasteiger partial charge >= 0.3 is 0 Å². The lowest BCUT2D eigenvalue weighted by Gasteiger charge is -2.15. The summed E-state index contributed by atoms with van der Waals surface area (Å²) in [5.74, 6) is 0.688. The monoisotopic (exact) mass is 355 g/mol. The molecular weight excluding hydrogens is 330 g/mol. The number of aromatic nitrogens is 3. The molecule has 0 saturated carbocycles. The number of ether oxygens (including phenoxy) is 1. The van der Waals surface area contributed by atoms with E-state index in [0.717, 1.165) is 36.3 Å². The van der Waals surface area contributed by atoms with E-state index in [-0.39, 0.29) is 12.0 Å². The van der Waals surface area contributed by atoms with Gasteiger partial charge in [0, 0.05) is 57.8 Å². The van der Waals surface area contributed by atoms with Crippen molar-refractivity contribution in [3.8, 4) is 11.1 Å². The average molecular weight is 355 g/mol. The van der Waals surface area contributed by atoms with Crippen molar-refractivity contribution >= 4 is 11.9 Å². The number of nitrogens with zero attached hydrogens (tertiary/aromatic N) is 4. The molecule has 0 spiro atoms. The van der Waals surface area contributed by atoms with Crippen molar-refractivity contribution in [1.82, 2.24) is 20.3 Å². The van der Waals surface area contributed by atoms with E-state index in [4.69, 9.17) is 4.74 Å². The third kappa shape index (κ3) is 4.76. The zero-order chi connectivity index (χ0) is 18.4. The third-order valence-electron chi connectivity index (χ3n) is 4.37. The van der Waals surface area contributed by atoms with E-state index in [0.29, 0.717) is 25.3 Å². The maximum absolute atomic E-state index is 12.1. The molecule has 2 aromatic rings. The normalized spacial score (nSPS) is 16.5. The van der Waals surface area contributed by atoms with Crippen LogP contribution in [0.2, 0.25) is 0 Å². The van der Waals surface area contributed by atoms with E-state index >= 15 is 0 Å². The van der Waals surface area contributed by atoms with Crippen molar-refractivity contribution in [3.63, 3.8) is 0 Å². The van der Waals surface area contributed by atoms with Gasteiger partial charge < -0.3 is 15.0 Å². The summed E-state index contributed by atoms with van der Waals surface area (Å²) in [5, 5.41) is 2.98. The van der Waals surface area contributed by atoms with Gasteiger partial charge in [-0.05, 0) is 30.5 Å². The first-order chi connectivity index (χ1) is 12.6. The summed E-state index contributed by atoms with van der Waals surface area (Å²) in [6.07, 6.45) is 8.49. The van der Waals surface area contributed by atoms with Crippen LogP contribution < -0.4 is 10.2 Å². The highest BCUT2D eigenvalue weighted by atomic mass is 16.5. The molecule has 1 atom stereocenters. The first kappa shape index (κ1) is 18.3. The molecule has 3 rings (SSSR count). The standard InChI is InChI=1S/C19H25N5O2/c1-24(2)19-22-13-16(14-5-8-20-9-6-14)17(23-19)7-10-21-18(25)12-15-4-3-11-26-15/h5-6,8-9,13,15H,3-4,7,10-12H2,1-2H3,(H,21,25). The fourth-order valence-electron chi connectivity index (χ4n) is 2.99. The van der Waals surface area contributed by atoms with Crippen molar-refractivity contribution in [2.24, 2.45) is 0 Å². The lowest BCUT2D eigenvalue weighted by molar-refractivity contribution is -0.123. The molecule has 1 N–H and O–H groups in total. The van der Waals surface area contributed by atoms with Crippen molar-refractivity contribution in [2.45, 2.75) is 31.8 Å². The van der Waals surface area contributed by atoms with Crippen molar-refractivity contribution in [2.75, 3.05) is 32.1 Å². The Hall–Kier alpha value is -2.54. The highest BCUT2D eigenvalue weighted by molar-refractivity contribution is 5.76. The Bertz CT molecular complexity index is 730. The van der Waals surface area contributed by atoms with Crippen LogP contribution in [0.1, 0.15) is 25.0 Å². The predicted molar refractivity (Wildman–Crippen MR) is 99.9 cm³/mol. The Morgan fingerprint density at radius 1 is 1.35 bits per heavy atom. The topological polar surface area (TPSA) is 80.2 Å². The molecule has 1 fully saturated rings. The number of carbonyl (C=O) groups is 1. The van der Waals surface area contributed by atoms with Gasteiger partial charge in [-0.15, -0.1) is 0 Å². The zero-order valence-electron chi connectivity index (χ0n) is 15.3. The van der Waals surface area contributed by atoms with Gasteiger partial charge in [0.2, 0.25) is 11.9 Å². The highest BCUT2D eigenvalue weighted by Crippen LogP contribution is 2.23. The lowest BCUT2D eigenvalue weighted by Crippen LogP contribution is -2.29. The van der Waals surface area contributed by atoms with Gasteiger partial charge in [0.1, 0.15) is 0 Å². The Morgan fingerprint density at radius 2 is 2.15 bits per heavy atom. The quantitative estimate of drug-likeness (QED) is 0.816. The Morgan fingerprint density at radius 3 is 2.85 bits per heavy atom.